The summed E-state index contributed by atoms with van der Waals surface area (Å²) in [7, 11) is 0. The first-order chi connectivity index (χ1) is 14.8. The lowest BCUT2D eigenvalue weighted by Crippen LogP contribution is -1.98. The Morgan fingerprint density at radius 2 is 1.47 bits per heavy atom. The lowest BCUT2D eigenvalue weighted by atomic mass is 9.96. The molecule has 2 aromatic heterocycles. The van der Waals surface area contributed by atoms with Crippen molar-refractivity contribution in [2.24, 2.45) is 0 Å². The first-order valence-corrected chi connectivity index (χ1v) is 9.82. The van der Waals surface area contributed by atoms with Crippen LogP contribution < -0.4 is 0 Å². The van der Waals surface area contributed by atoms with Gasteiger partial charge in [-0.2, -0.15) is 10.4 Å². The third kappa shape index (κ3) is 3.02. The highest BCUT2D eigenvalue weighted by molar-refractivity contribution is 6.30. The maximum atomic E-state index is 9.84. The van der Waals surface area contributed by atoms with Gasteiger partial charge in [0.2, 0.25) is 0 Å². The van der Waals surface area contributed by atoms with Crippen molar-refractivity contribution in [3.05, 3.63) is 102 Å². The number of fused-ring (bicyclic) bond motifs is 1. The number of hydrogen-bond acceptors (Lipinski definition) is 3. The molecule has 0 aliphatic rings. The molecule has 0 spiro atoms. The predicted molar refractivity (Wildman–Crippen MR) is 119 cm³/mol. The number of para-hydroxylation sites is 1. The van der Waals surface area contributed by atoms with Crippen LogP contribution in [0.2, 0.25) is 5.02 Å². The zero-order valence-electron chi connectivity index (χ0n) is 15.8. The molecule has 142 valence electrons. The summed E-state index contributed by atoms with van der Waals surface area (Å²) >= 11 is 6.11. The van der Waals surface area contributed by atoms with Crippen molar-refractivity contribution < 1.29 is 0 Å². The number of nitrogens with zero attached hydrogens (tertiary/aromatic N) is 4. The molecule has 5 aromatic rings. The third-order valence-corrected chi connectivity index (χ3v) is 5.25. The van der Waals surface area contributed by atoms with Crippen molar-refractivity contribution in [3.8, 4) is 34.1 Å². The van der Waals surface area contributed by atoms with Crippen LogP contribution in [0.1, 0.15) is 5.56 Å². The highest BCUT2D eigenvalue weighted by atomic mass is 35.5. The maximum Gasteiger partial charge on any atom is 0.164 e. The number of hydrogen-bond donors (Lipinski definition) is 0. The molecule has 0 N–H and O–H groups in total. The Labute approximate surface area is 178 Å². The molecule has 0 saturated carbocycles. The zero-order valence-corrected chi connectivity index (χ0v) is 16.6. The molecule has 0 amide bonds. The van der Waals surface area contributed by atoms with E-state index in [0.29, 0.717) is 16.2 Å². The molecule has 4 nitrogen and oxygen atoms in total. The van der Waals surface area contributed by atoms with Gasteiger partial charge in [-0.3, -0.25) is 0 Å². The molecule has 5 heteroatoms. The summed E-state index contributed by atoms with van der Waals surface area (Å²) in [5.74, 6) is 0. The fourth-order valence-corrected chi connectivity index (χ4v) is 3.76. The number of aromatic nitrogens is 3. The summed E-state index contributed by atoms with van der Waals surface area (Å²) in [6, 6.07) is 29.6. The second-order valence-electron chi connectivity index (χ2n) is 6.83. The molecule has 0 aliphatic carbocycles. The molecular weight excluding hydrogens is 392 g/mol. The SMILES string of the molecule is N#Cc1cnc2c(c(-c3ccccc3)nn2-c2ccccc2)c1-c1ccc(Cl)cc1. The molecule has 0 atom stereocenters. The van der Waals surface area contributed by atoms with Crippen LogP contribution in [0.3, 0.4) is 0 Å². The van der Waals surface area contributed by atoms with Gasteiger partial charge in [-0.15, -0.1) is 0 Å². The van der Waals surface area contributed by atoms with E-state index in [0.717, 1.165) is 33.5 Å². The van der Waals surface area contributed by atoms with E-state index in [1.165, 1.54) is 0 Å². The molecule has 0 aliphatic heterocycles. The second-order valence-corrected chi connectivity index (χ2v) is 7.26. The van der Waals surface area contributed by atoms with Crippen molar-refractivity contribution in [1.82, 2.24) is 14.8 Å². The van der Waals surface area contributed by atoms with Crippen molar-refractivity contribution in [1.29, 1.82) is 5.26 Å². The van der Waals surface area contributed by atoms with E-state index in [1.807, 2.05) is 89.6 Å². The maximum absolute atomic E-state index is 9.84. The Kier molecular flexibility index (Phi) is 4.51. The zero-order chi connectivity index (χ0) is 20.5. The molecular formula is C25H15ClN4. The molecule has 5 rings (SSSR count). The van der Waals surface area contributed by atoms with Crippen LogP contribution in [0, 0.1) is 11.3 Å². The Morgan fingerprint density at radius 1 is 0.800 bits per heavy atom. The van der Waals surface area contributed by atoms with Gasteiger partial charge >= 0.3 is 0 Å². The summed E-state index contributed by atoms with van der Waals surface area (Å²) < 4.78 is 1.83. The lowest BCUT2D eigenvalue weighted by Gasteiger charge is -2.08. The molecule has 0 saturated heterocycles. The van der Waals surface area contributed by atoms with E-state index < -0.39 is 0 Å². The van der Waals surface area contributed by atoms with E-state index in [-0.39, 0.29) is 0 Å². The van der Waals surface area contributed by atoms with Gasteiger partial charge in [0.25, 0.3) is 0 Å². The summed E-state index contributed by atoms with van der Waals surface area (Å²) in [5, 5.41) is 16.2. The van der Waals surface area contributed by atoms with E-state index in [1.54, 1.807) is 6.20 Å². The number of halogens is 1. The quantitative estimate of drug-likeness (QED) is 0.354. The summed E-state index contributed by atoms with van der Waals surface area (Å²) in [6.07, 6.45) is 1.61. The van der Waals surface area contributed by atoms with Crippen molar-refractivity contribution >= 4 is 22.6 Å². The Morgan fingerprint density at radius 3 is 2.13 bits per heavy atom. The normalized spacial score (nSPS) is 10.8. The van der Waals surface area contributed by atoms with Crippen LogP contribution in [0.5, 0.6) is 0 Å². The van der Waals surface area contributed by atoms with Gasteiger partial charge in [0, 0.05) is 22.3 Å². The van der Waals surface area contributed by atoms with Crippen LogP contribution in [0.25, 0.3) is 39.1 Å². The van der Waals surface area contributed by atoms with Gasteiger partial charge < -0.3 is 0 Å². The minimum absolute atomic E-state index is 0.495. The molecule has 2 heterocycles. The largest absolute Gasteiger partial charge is 0.235 e. The van der Waals surface area contributed by atoms with Crippen LogP contribution >= 0.6 is 11.6 Å². The Bertz CT molecular complexity index is 1380. The summed E-state index contributed by atoms with van der Waals surface area (Å²) in [5.41, 5.74) is 5.55. The number of rotatable bonds is 3. The van der Waals surface area contributed by atoms with Crippen molar-refractivity contribution in [3.63, 3.8) is 0 Å². The predicted octanol–water partition coefficient (Wildman–Crippen LogP) is 6.28. The molecule has 0 fully saturated rings. The molecule has 30 heavy (non-hydrogen) atoms. The number of nitriles is 1. The first kappa shape index (κ1) is 18.1. The summed E-state index contributed by atoms with van der Waals surface area (Å²) in [4.78, 5) is 4.63. The highest BCUT2D eigenvalue weighted by Gasteiger charge is 2.21. The van der Waals surface area contributed by atoms with Gasteiger partial charge in [0.1, 0.15) is 11.8 Å². The van der Waals surface area contributed by atoms with Crippen LogP contribution in [-0.4, -0.2) is 14.8 Å². The minimum Gasteiger partial charge on any atom is -0.235 e. The fraction of sp³-hybridized carbons (Fsp3) is 0. The van der Waals surface area contributed by atoms with Crippen molar-refractivity contribution in [2.45, 2.75) is 0 Å². The monoisotopic (exact) mass is 406 g/mol. The fourth-order valence-electron chi connectivity index (χ4n) is 3.63. The van der Waals surface area contributed by atoms with E-state index in [2.05, 4.69) is 11.1 Å². The van der Waals surface area contributed by atoms with Gasteiger partial charge in [-0.1, -0.05) is 72.3 Å². The van der Waals surface area contributed by atoms with Crippen molar-refractivity contribution in [2.75, 3.05) is 0 Å². The second kappa shape index (κ2) is 7.47. The van der Waals surface area contributed by atoms with E-state index in [4.69, 9.17) is 16.7 Å². The van der Waals surface area contributed by atoms with Gasteiger partial charge in [-0.25, -0.2) is 9.67 Å². The Balaban J connectivity index is 1.92. The lowest BCUT2D eigenvalue weighted by molar-refractivity contribution is 0.901. The Hall–Kier alpha value is -3.94. The molecule has 0 unspecified atom stereocenters. The number of pyridine rings is 1. The van der Waals surface area contributed by atoms with Crippen LogP contribution in [-0.2, 0) is 0 Å². The van der Waals surface area contributed by atoms with E-state index in [9.17, 15) is 5.26 Å². The first-order valence-electron chi connectivity index (χ1n) is 9.45. The smallest absolute Gasteiger partial charge is 0.164 e. The third-order valence-electron chi connectivity index (χ3n) is 5.00. The van der Waals surface area contributed by atoms with Crippen LogP contribution in [0.15, 0.2) is 91.1 Å². The number of benzene rings is 3. The highest BCUT2D eigenvalue weighted by Crippen LogP contribution is 2.38. The summed E-state index contributed by atoms with van der Waals surface area (Å²) in [6.45, 7) is 0. The topological polar surface area (TPSA) is 54.5 Å². The average Bonchev–Trinajstić information content (AvgIpc) is 3.20. The average molecular weight is 407 g/mol. The van der Waals surface area contributed by atoms with Gasteiger partial charge in [0.05, 0.1) is 16.6 Å². The standard InChI is InChI=1S/C25H15ClN4/c26-20-13-11-17(12-14-20)22-19(15-27)16-28-25-23(22)24(18-7-3-1-4-8-18)29-30(25)21-9-5-2-6-10-21/h1-14,16H. The van der Waals surface area contributed by atoms with Gasteiger partial charge in [-0.05, 0) is 29.8 Å². The van der Waals surface area contributed by atoms with E-state index >= 15 is 0 Å². The molecule has 0 bridgehead atoms. The molecule has 0 radical (unpaired) electrons. The van der Waals surface area contributed by atoms with Crippen LogP contribution in [0.4, 0.5) is 0 Å². The van der Waals surface area contributed by atoms with Gasteiger partial charge in [0.15, 0.2) is 5.65 Å². The minimum atomic E-state index is 0.495. The molecule has 3 aromatic carbocycles.